The molecule has 1 aliphatic rings. The molecule has 0 fully saturated rings. The highest BCUT2D eigenvalue weighted by molar-refractivity contribution is 6.31. The Kier molecular flexibility index (Phi) is 4.36. The minimum absolute atomic E-state index is 0.157. The Morgan fingerprint density at radius 1 is 0.654 bits per heavy atom. The second kappa shape index (κ2) is 6.37. The fourth-order valence-corrected chi connectivity index (χ4v) is 3.38. The van der Waals surface area contributed by atoms with Gasteiger partial charge in [0.2, 0.25) is 11.5 Å². The van der Waals surface area contributed by atoms with Gasteiger partial charge < -0.3 is 18.9 Å². The summed E-state index contributed by atoms with van der Waals surface area (Å²) < 4.78 is 21.5. The molecule has 0 radical (unpaired) electrons. The minimum Gasteiger partial charge on any atom is -0.496 e. The van der Waals surface area contributed by atoms with Crippen LogP contribution in [0, 0.1) is 13.8 Å². The zero-order valence-electron chi connectivity index (χ0n) is 15.6. The van der Waals surface area contributed by atoms with Gasteiger partial charge in [-0.25, -0.2) is 0 Å². The van der Waals surface area contributed by atoms with Gasteiger partial charge in [0.25, 0.3) is 0 Å². The molecule has 0 aliphatic heterocycles. The van der Waals surface area contributed by atoms with Crippen molar-refractivity contribution in [3.8, 4) is 23.0 Å². The van der Waals surface area contributed by atoms with Crippen LogP contribution < -0.4 is 18.9 Å². The van der Waals surface area contributed by atoms with Crippen molar-refractivity contribution >= 4 is 11.6 Å². The lowest BCUT2D eigenvalue weighted by Gasteiger charge is -2.25. The summed E-state index contributed by atoms with van der Waals surface area (Å²) in [5.41, 5.74) is 2.63. The highest BCUT2D eigenvalue weighted by Gasteiger charge is 2.38. The van der Waals surface area contributed by atoms with Crippen molar-refractivity contribution in [2.75, 3.05) is 28.4 Å². The molecule has 0 bridgehead atoms. The van der Waals surface area contributed by atoms with Crippen LogP contribution in [0.5, 0.6) is 23.0 Å². The standard InChI is InChI=1S/C20H20O6/c1-9-7-11-14(18(24-4)10(9)2)17(22)15-12(16(11)21)8-13(23-3)19(25-5)20(15)26-6/h7-8H,1-6H3. The van der Waals surface area contributed by atoms with Crippen LogP contribution in [0.2, 0.25) is 0 Å². The number of rotatable bonds is 4. The first-order valence-electron chi connectivity index (χ1n) is 8.01. The zero-order valence-corrected chi connectivity index (χ0v) is 15.6. The van der Waals surface area contributed by atoms with Gasteiger partial charge in [-0.3, -0.25) is 9.59 Å². The average Bonchev–Trinajstić information content (AvgIpc) is 2.65. The second-order valence-corrected chi connectivity index (χ2v) is 6.00. The lowest BCUT2D eigenvalue weighted by molar-refractivity contribution is 0.0972. The molecular formula is C20H20O6. The first-order chi connectivity index (χ1) is 12.4. The van der Waals surface area contributed by atoms with Gasteiger partial charge in [-0.05, 0) is 37.1 Å². The monoisotopic (exact) mass is 356 g/mol. The number of ether oxygens (including phenoxy) is 4. The predicted octanol–water partition coefficient (Wildman–Crippen LogP) is 3.11. The summed E-state index contributed by atoms with van der Waals surface area (Å²) in [5, 5.41) is 0. The lowest BCUT2D eigenvalue weighted by atomic mass is 9.81. The van der Waals surface area contributed by atoms with Gasteiger partial charge in [0.05, 0.1) is 39.6 Å². The Labute approximate surface area is 151 Å². The molecule has 0 unspecified atom stereocenters. The number of aryl methyl sites for hydroxylation is 1. The molecule has 0 amide bonds. The van der Waals surface area contributed by atoms with Crippen molar-refractivity contribution in [2.45, 2.75) is 13.8 Å². The van der Waals surface area contributed by atoms with E-state index in [1.807, 2.05) is 13.8 Å². The maximum Gasteiger partial charge on any atom is 0.204 e. The average molecular weight is 356 g/mol. The second-order valence-electron chi connectivity index (χ2n) is 6.00. The molecule has 0 atom stereocenters. The summed E-state index contributed by atoms with van der Waals surface area (Å²) in [6, 6.07) is 3.24. The SMILES string of the molecule is COc1cc2c(c(OC)c1OC)C(=O)c1c(cc(C)c(C)c1OC)C2=O. The lowest BCUT2D eigenvalue weighted by Crippen LogP contribution is -2.24. The molecule has 3 rings (SSSR count). The molecule has 0 saturated heterocycles. The van der Waals surface area contributed by atoms with Crippen LogP contribution in [0.4, 0.5) is 0 Å². The van der Waals surface area contributed by atoms with Gasteiger partial charge in [-0.1, -0.05) is 0 Å². The van der Waals surface area contributed by atoms with Crippen LogP contribution in [-0.4, -0.2) is 40.0 Å². The molecule has 26 heavy (non-hydrogen) atoms. The third kappa shape index (κ3) is 2.25. The van der Waals surface area contributed by atoms with Crippen LogP contribution in [0.15, 0.2) is 12.1 Å². The van der Waals surface area contributed by atoms with Crippen molar-refractivity contribution in [1.29, 1.82) is 0 Å². The fraction of sp³-hybridized carbons (Fsp3) is 0.300. The predicted molar refractivity (Wildman–Crippen MR) is 95.4 cm³/mol. The summed E-state index contributed by atoms with van der Waals surface area (Å²) in [6.07, 6.45) is 0. The Bertz CT molecular complexity index is 942. The van der Waals surface area contributed by atoms with E-state index >= 15 is 0 Å². The largest absolute Gasteiger partial charge is 0.496 e. The molecule has 6 heteroatoms. The van der Waals surface area contributed by atoms with Gasteiger partial charge in [-0.2, -0.15) is 0 Å². The highest BCUT2D eigenvalue weighted by Crippen LogP contribution is 2.47. The fourth-order valence-electron chi connectivity index (χ4n) is 3.38. The Morgan fingerprint density at radius 2 is 1.19 bits per heavy atom. The Balaban J connectivity index is 2.43. The van der Waals surface area contributed by atoms with Gasteiger partial charge >= 0.3 is 0 Å². The Morgan fingerprint density at radius 3 is 1.73 bits per heavy atom. The van der Waals surface area contributed by atoms with Gasteiger partial charge in [-0.15, -0.1) is 0 Å². The van der Waals surface area contributed by atoms with Crippen LogP contribution >= 0.6 is 0 Å². The van der Waals surface area contributed by atoms with E-state index in [2.05, 4.69) is 0 Å². The van der Waals surface area contributed by atoms with E-state index in [0.29, 0.717) is 17.1 Å². The van der Waals surface area contributed by atoms with Crippen molar-refractivity contribution in [3.63, 3.8) is 0 Å². The normalized spacial score (nSPS) is 12.4. The van der Waals surface area contributed by atoms with Gasteiger partial charge in [0, 0.05) is 11.1 Å². The summed E-state index contributed by atoms with van der Waals surface area (Å²) in [6.45, 7) is 3.73. The molecule has 1 aliphatic carbocycles. The molecule has 6 nitrogen and oxygen atoms in total. The maximum absolute atomic E-state index is 13.3. The zero-order chi connectivity index (χ0) is 19.2. The number of hydrogen-bond donors (Lipinski definition) is 0. The van der Waals surface area contributed by atoms with E-state index in [1.165, 1.54) is 34.5 Å². The Hall–Kier alpha value is -3.02. The number of hydrogen-bond acceptors (Lipinski definition) is 6. The molecule has 0 saturated carbocycles. The number of benzene rings is 2. The molecule has 136 valence electrons. The first kappa shape index (κ1) is 17.8. The number of ketones is 2. The van der Waals surface area contributed by atoms with E-state index in [4.69, 9.17) is 18.9 Å². The third-order valence-electron chi connectivity index (χ3n) is 4.77. The minimum atomic E-state index is -0.340. The third-order valence-corrected chi connectivity index (χ3v) is 4.77. The molecule has 2 aromatic carbocycles. The van der Waals surface area contributed by atoms with Crippen LogP contribution in [0.3, 0.4) is 0 Å². The van der Waals surface area contributed by atoms with Crippen LogP contribution in [0.25, 0.3) is 0 Å². The molecular weight excluding hydrogens is 336 g/mol. The summed E-state index contributed by atoms with van der Waals surface area (Å²) in [7, 11) is 5.82. The molecule has 0 aromatic heterocycles. The van der Waals surface area contributed by atoms with Gasteiger partial charge in [0.1, 0.15) is 5.75 Å². The summed E-state index contributed by atoms with van der Waals surface area (Å²) >= 11 is 0. The molecule has 0 N–H and O–H groups in total. The van der Waals surface area contributed by atoms with E-state index in [9.17, 15) is 9.59 Å². The van der Waals surface area contributed by atoms with Crippen molar-refractivity contribution in [3.05, 3.63) is 45.5 Å². The quantitative estimate of drug-likeness (QED) is 0.715. The van der Waals surface area contributed by atoms with Crippen molar-refractivity contribution in [2.24, 2.45) is 0 Å². The number of carbonyl (C=O) groups excluding carboxylic acids is 2. The topological polar surface area (TPSA) is 71.1 Å². The molecule has 0 heterocycles. The first-order valence-corrected chi connectivity index (χ1v) is 8.01. The summed E-state index contributed by atoms with van der Waals surface area (Å²) in [5.74, 6) is 0.541. The van der Waals surface area contributed by atoms with Crippen LogP contribution in [0.1, 0.15) is 43.0 Å². The van der Waals surface area contributed by atoms with Gasteiger partial charge in [0.15, 0.2) is 17.3 Å². The highest BCUT2D eigenvalue weighted by atomic mass is 16.5. The van der Waals surface area contributed by atoms with Crippen molar-refractivity contribution in [1.82, 2.24) is 0 Å². The molecule has 2 aromatic rings. The summed E-state index contributed by atoms with van der Waals surface area (Å²) in [4.78, 5) is 26.5. The van der Waals surface area contributed by atoms with E-state index < -0.39 is 0 Å². The maximum atomic E-state index is 13.3. The van der Waals surface area contributed by atoms with E-state index in [1.54, 1.807) is 6.07 Å². The number of methoxy groups -OCH3 is 4. The van der Waals surface area contributed by atoms with E-state index in [-0.39, 0.29) is 39.8 Å². The number of fused-ring (bicyclic) bond motifs is 2. The number of carbonyl (C=O) groups is 2. The van der Waals surface area contributed by atoms with Crippen molar-refractivity contribution < 1.29 is 28.5 Å². The van der Waals surface area contributed by atoms with E-state index in [0.717, 1.165) is 11.1 Å². The van der Waals surface area contributed by atoms with Crippen LogP contribution in [-0.2, 0) is 0 Å². The molecule has 0 spiro atoms. The smallest absolute Gasteiger partial charge is 0.204 e.